The smallest absolute Gasteiger partial charge is 0.430 e. The van der Waals surface area contributed by atoms with Gasteiger partial charge in [-0.25, -0.2) is 4.79 Å². The Bertz CT molecular complexity index is 1610. The third kappa shape index (κ3) is 5.94. The van der Waals surface area contributed by atoms with E-state index in [-0.39, 0.29) is 31.6 Å². The molecule has 2 aromatic carbocycles. The fourth-order valence-corrected chi connectivity index (χ4v) is 6.78. The number of halogens is 6. The molecule has 3 aliphatic heterocycles. The van der Waals surface area contributed by atoms with Gasteiger partial charge in [-0.2, -0.15) is 26.3 Å². The second-order valence-electron chi connectivity index (χ2n) is 13.5. The molecule has 15 heteroatoms. The van der Waals surface area contributed by atoms with Crippen molar-refractivity contribution in [2.45, 2.75) is 89.0 Å². The second-order valence-corrected chi connectivity index (χ2v) is 13.5. The normalized spacial score (nSPS) is 22.9. The van der Waals surface area contributed by atoms with Crippen molar-refractivity contribution in [3.05, 3.63) is 58.7 Å². The molecule has 48 heavy (non-hydrogen) atoms. The zero-order chi connectivity index (χ0) is 35.6. The van der Waals surface area contributed by atoms with Crippen LogP contribution in [0.2, 0.25) is 0 Å². The highest BCUT2D eigenvalue weighted by molar-refractivity contribution is 6.09. The molecule has 0 bridgehead atoms. The van der Waals surface area contributed by atoms with E-state index in [1.807, 2.05) is 19.9 Å². The summed E-state index contributed by atoms with van der Waals surface area (Å²) in [5, 5.41) is 12.7. The molecule has 262 valence electrons. The number of aliphatic hydroxyl groups is 1. The van der Waals surface area contributed by atoms with Crippen LogP contribution in [0.25, 0.3) is 0 Å². The summed E-state index contributed by atoms with van der Waals surface area (Å²) in [6.45, 7) is 8.82. The molecule has 2 N–H and O–H groups in total. The van der Waals surface area contributed by atoms with E-state index < -0.39 is 65.1 Å². The van der Waals surface area contributed by atoms with E-state index in [9.17, 15) is 45.8 Å². The molecule has 2 saturated heterocycles. The predicted molar refractivity (Wildman–Crippen MR) is 162 cm³/mol. The molecule has 2 aromatic rings. The van der Waals surface area contributed by atoms with Crippen LogP contribution in [-0.4, -0.2) is 82.9 Å². The van der Waals surface area contributed by atoms with Crippen LogP contribution in [0.3, 0.4) is 0 Å². The molecule has 4 amide bonds. The van der Waals surface area contributed by atoms with Crippen molar-refractivity contribution in [1.29, 1.82) is 0 Å². The molecule has 2 fully saturated rings. The number of ether oxygens (including phenoxy) is 1. The van der Waals surface area contributed by atoms with Gasteiger partial charge in [0, 0.05) is 43.3 Å². The summed E-state index contributed by atoms with van der Waals surface area (Å²) in [5.74, 6) is -0.387. The number of hydrogen-bond donors (Lipinski definition) is 2. The fourth-order valence-electron chi connectivity index (χ4n) is 6.78. The Kier molecular flexibility index (Phi) is 8.71. The van der Waals surface area contributed by atoms with Gasteiger partial charge in [-0.3, -0.25) is 14.5 Å². The van der Waals surface area contributed by atoms with Crippen molar-refractivity contribution in [2.24, 2.45) is 0 Å². The molecule has 2 atom stereocenters. The van der Waals surface area contributed by atoms with E-state index in [4.69, 9.17) is 4.74 Å². The minimum absolute atomic E-state index is 0.114. The van der Waals surface area contributed by atoms with Crippen molar-refractivity contribution in [3.63, 3.8) is 0 Å². The summed E-state index contributed by atoms with van der Waals surface area (Å²) in [6.07, 6.45) is -10.8. The Morgan fingerprint density at radius 1 is 1.02 bits per heavy atom. The number of nitrogens with one attached hydrogen (secondary N) is 1. The van der Waals surface area contributed by atoms with E-state index >= 15 is 0 Å². The largest absolute Gasteiger partial charge is 0.487 e. The van der Waals surface area contributed by atoms with Crippen molar-refractivity contribution < 1.29 is 50.6 Å². The Morgan fingerprint density at radius 2 is 1.69 bits per heavy atom. The van der Waals surface area contributed by atoms with Gasteiger partial charge in [0.15, 0.2) is 0 Å². The number of nitrogens with zero attached hydrogens (tertiary/aromatic N) is 3. The average molecular weight is 685 g/mol. The number of alkyl halides is 6. The highest BCUT2D eigenvalue weighted by Gasteiger charge is 2.71. The number of piperazine rings is 1. The lowest BCUT2D eigenvalue weighted by molar-refractivity contribution is -0.376. The van der Waals surface area contributed by atoms with Gasteiger partial charge >= 0.3 is 18.4 Å². The average Bonchev–Trinajstić information content (AvgIpc) is 3.41. The van der Waals surface area contributed by atoms with Gasteiger partial charge in [0.25, 0.3) is 11.5 Å². The van der Waals surface area contributed by atoms with Crippen LogP contribution in [0.15, 0.2) is 36.4 Å². The number of amides is 4. The lowest BCUT2D eigenvalue weighted by Gasteiger charge is -2.42. The summed E-state index contributed by atoms with van der Waals surface area (Å²) < 4.78 is 87.3. The number of hydrogen-bond acceptors (Lipinski definition) is 6. The van der Waals surface area contributed by atoms with Gasteiger partial charge in [-0.1, -0.05) is 31.5 Å². The van der Waals surface area contributed by atoms with Gasteiger partial charge in [0.2, 0.25) is 5.91 Å². The minimum atomic E-state index is -6.01. The van der Waals surface area contributed by atoms with Crippen LogP contribution in [0.5, 0.6) is 5.75 Å². The number of rotatable bonds is 7. The highest BCUT2D eigenvalue weighted by atomic mass is 19.4. The number of anilines is 1. The first kappa shape index (κ1) is 35.3. The minimum Gasteiger partial charge on any atom is -0.487 e. The molecular formula is C33H38F6N4O5. The summed E-state index contributed by atoms with van der Waals surface area (Å²) in [7, 11) is 0. The lowest BCUT2D eigenvalue weighted by atomic mass is 9.89. The number of imide groups is 1. The lowest BCUT2D eigenvalue weighted by Crippen LogP contribution is -2.56. The van der Waals surface area contributed by atoms with Gasteiger partial charge in [0.05, 0.1) is 0 Å². The first-order chi connectivity index (χ1) is 22.1. The standard InChI is InChI=1S/C33H38F6N4O5/c1-6-7-20-14-23(31(47,32(34,35)36)33(37,38)39)8-10-24(20)42-13-12-41(17-19(42)2)26(44)18-43-27(45)30(5,40-28(43)46)22-9-11-25-21(15-22)16-29(3,4)48-25/h8-11,14-15,19,47H,6-7,12-13,16-18H2,1-5H3,(H,40,46). The molecule has 0 spiro atoms. The number of carbonyl (C=O) groups is 3. The maximum absolute atomic E-state index is 13.6. The van der Waals surface area contributed by atoms with Crippen molar-refractivity contribution in [3.8, 4) is 5.75 Å². The number of urea groups is 1. The Labute approximate surface area is 273 Å². The summed E-state index contributed by atoms with van der Waals surface area (Å²) in [4.78, 5) is 44.1. The quantitative estimate of drug-likeness (QED) is 0.309. The third-order valence-electron chi connectivity index (χ3n) is 9.34. The first-order valence-corrected chi connectivity index (χ1v) is 15.6. The van der Waals surface area contributed by atoms with Gasteiger partial charge < -0.3 is 25.0 Å². The predicted octanol–water partition coefficient (Wildman–Crippen LogP) is 5.17. The van der Waals surface area contributed by atoms with Crippen molar-refractivity contribution in [1.82, 2.24) is 15.1 Å². The number of fused-ring (bicyclic) bond motifs is 1. The number of carbonyl (C=O) groups excluding carboxylic acids is 3. The number of aryl methyl sites for hydroxylation is 1. The van der Waals surface area contributed by atoms with E-state index in [2.05, 4.69) is 5.32 Å². The zero-order valence-corrected chi connectivity index (χ0v) is 27.2. The molecular weight excluding hydrogens is 646 g/mol. The zero-order valence-electron chi connectivity index (χ0n) is 27.2. The van der Waals surface area contributed by atoms with Crippen molar-refractivity contribution >= 4 is 23.5 Å². The van der Waals surface area contributed by atoms with Crippen LogP contribution in [-0.2, 0) is 33.6 Å². The summed E-state index contributed by atoms with van der Waals surface area (Å²) >= 11 is 0. The topological polar surface area (TPSA) is 102 Å². The van der Waals surface area contributed by atoms with Crippen LogP contribution in [0, 0.1) is 0 Å². The van der Waals surface area contributed by atoms with E-state index in [1.54, 1.807) is 37.8 Å². The fraction of sp³-hybridized carbons (Fsp3) is 0.545. The summed E-state index contributed by atoms with van der Waals surface area (Å²) in [6, 6.07) is 6.64. The Hall–Kier alpha value is -4.01. The molecule has 9 nitrogen and oxygen atoms in total. The van der Waals surface area contributed by atoms with E-state index in [1.165, 1.54) is 4.90 Å². The maximum Gasteiger partial charge on any atom is 0.430 e. The van der Waals surface area contributed by atoms with Crippen molar-refractivity contribution in [2.75, 3.05) is 31.1 Å². The third-order valence-corrected chi connectivity index (χ3v) is 9.34. The Balaban J connectivity index is 1.30. The SMILES string of the molecule is CCCc1cc(C(O)(C(F)(F)F)C(F)(F)F)ccc1N1CCN(C(=O)CN2C(=O)NC(C)(c3ccc4c(c3)CC(C)(C)O4)C2=O)CC1C. The first-order valence-electron chi connectivity index (χ1n) is 15.6. The second kappa shape index (κ2) is 11.8. The molecule has 2 unspecified atom stereocenters. The molecule has 0 radical (unpaired) electrons. The van der Waals surface area contributed by atoms with Gasteiger partial charge in [-0.05, 0) is 69.0 Å². The molecule has 5 rings (SSSR count). The monoisotopic (exact) mass is 684 g/mol. The van der Waals surface area contributed by atoms with Gasteiger partial charge in [0.1, 0.15) is 23.4 Å². The van der Waals surface area contributed by atoms with E-state index in [0.29, 0.717) is 35.9 Å². The Morgan fingerprint density at radius 3 is 2.29 bits per heavy atom. The molecule has 3 heterocycles. The molecule has 0 aliphatic carbocycles. The maximum atomic E-state index is 13.6. The van der Waals surface area contributed by atoms with Crippen LogP contribution in [0.1, 0.15) is 63.3 Å². The molecule has 0 aromatic heterocycles. The molecule has 0 saturated carbocycles. The van der Waals surface area contributed by atoms with Crippen LogP contribution < -0.4 is 15.0 Å². The molecule has 3 aliphatic rings. The number of benzene rings is 2. The highest BCUT2D eigenvalue weighted by Crippen LogP contribution is 2.50. The van der Waals surface area contributed by atoms with E-state index in [0.717, 1.165) is 22.6 Å². The van der Waals surface area contributed by atoms with Gasteiger partial charge in [-0.15, -0.1) is 0 Å². The van der Waals surface area contributed by atoms with Crippen LogP contribution in [0.4, 0.5) is 36.8 Å². The summed E-state index contributed by atoms with van der Waals surface area (Å²) in [5.41, 5.74) is -6.15. The van der Waals surface area contributed by atoms with Crippen LogP contribution >= 0.6 is 0 Å².